The van der Waals surface area contributed by atoms with Crippen LogP contribution in [0.4, 0.5) is 5.69 Å². The number of hydrogen-bond acceptors (Lipinski definition) is 20. The first kappa shape index (κ1) is 107. The van der Waals surface area contributed by atoms with E-state index in [0.29, 0.717) is 116 Å². The number of anilines is 1. The van der Waals surface area contributed by atoms with E-state index in [9.17, 15) is 61.7 Å². The van der Waals surface area contributed by atoms with Crippen molar-refractivity contribution in [1.82, 2.24) is 19.6 Å². The van der Waals surface area contributed by atoms with E-state index >= 15 is 0 Å². The highest BCUT2D eigenvalue weighted by Gasteiger charge is 2.40. The van der Waals surface area contributed by atoms with Crippen molar-refractivity contribution in [2.45, 2.75) is 211 Å². The van der Waals surface area contributed by atoms with Crippen molar-refractivity contribution in [1.29, 1.82) is 0 Å². The van der Waals surface area contributed by atoms with Crippen molar-refractivity contribution in [3.63, 3.8) is 0 Å². The average molecular weight is 1890 g/mol. The van der Waals surface area contributed by atoms with E-state index in [-0.39, 0.29) is 84.8 Å². The number of esters is 4. The number of nitrogens with one attached hydrogen (secondary N) is 1. The predicted octanol–water partition coefficient (Wildman–Crippen LogP) is 20.9. The molecule has 0 bridgehead atoms. The maximum atomic E-state index is 13.8. The molecule has 0 aromatic heterocycles. The van der Waals surface area contributed by atoms with Gasteiger partial charge in [0, 0.05) is 161 Å². The molecule has 5 aliphatic rings. The number of rotatable bonds is 38. The molecule has 8 aromatic carbocycles. The molecular weight excluding hydrogens is 1770 g/mol. The summed E-state index contributed by atoms with van der Waals surface area (Å²) in [6.45, 7) is 26.4. The third kappa shape index (κ3) is 29.6. The molecule has 23 nitrogen and oxygen atoms in total. The molecule has 0 spiro atoms. The highest BCUT2D eigenvalue weighted by Crippen LogP contribution is 2.41. The lowest BCUT2D eigenvalue weighted by atomic mass is 9.90. The van der Waals surface area contributed by atoms with E-state index in [0.717, 1.165) is 171 Å². The van der Waals surface area contributed by atoms with Gasteiger partial charge in [-0.25, -0.2) is 19.2 Å². The molecular formula is C112H121N5O18S2. The predicted molar refractivity (Wildman–Crippen MR) is 539 cm³/mol. The highest BCUT2D eigenvalue weighted by molar-refractivity contribution is 7.99. The van der Waals surface area contributed by atoms with Crippen molar-refractivity contribution in [3.8, 4) is 65.0 Å². The summed E-state index contributed by atoms with van der Waals surface area (Å²) in [5.74, 6) is 23.1. The first-order valence-corrected chi connectivity index (χ1v) is 49.6. The normalized spacial score (nSPS) is 13.7. The average Bonchev–Trinajstić information content (AvgIpc) is 0.747. The van der Waals surface area contributed by atoms with Crippen LogP contribution in [0.2, 0.25) is 0 Å². The lowest BCUT2D eigenvalue weighted by Crippen LogP contribution is -2.47. The lowest BCUT2D eigenvalue weighted by Gasteiger charge is -2.34. The standard InChI is InChI=1S/C32H42N2O4.C23H25NO5S.C23H25NO4S.C22H23NO5.C12H6/c1-2-29(35)38-23-14-10-13-22-33-28-21-20-27-30-25(28)18-15-19-26(30)31(36)34(32(27)37)24-16-11-8-6-4-3-5-7-9-12-17-24;1-3-5-6-7-13-24-22(26)17-10-8-9-16-19(12-11-18(21(16)17)23(24)27)30(28)15-14-29-20(25)4-2;1-3-5-6-7-13-24-22(26)17-10-8-9-16-19(29-15-14-28-20(25)4-2)12-11-18(21(16)17)23(24)27;1-3-5-12-23-21(25)16-9-6-8-15-18(11-10-17(20(15)16)22(23)26)27-13-7-14-28-19(24)4-2;1-3-5-7-9-11-12-10-8-6-4-2/h2,15,18-21,24,33H,1,3-14,16-17,22-23H2;4,8-12H,2-3,5-7,13-15H2,1H3;4,8-12H,2-3,5-7,13-15H2,1H3;4,6,8-11H,2-3,5,7,12-14H2,1H3;1-2H3. The van der Waals surface area contributed by atoms with Crippen LogP contribution in [0.5, 0.6) is 5.75 Å². The number of thioether (sulfide) groups is 1. The number of imide groups is 4. The molecule has 137 heavy (non-hydrogen) atoms. The minimum absolute atomic E-state index is 0.0101. The summed E-state index contributed by atoms with van der Waals surface area (Å²) in [5, 5.41) is 9.31. The maximum Gasteiger partial charge on any atom is 0.330 e. The first-order valence-electron chi connectivity index (χ1n) is 47.3. The topological polar surface area (TPSA) is 293 Å². The van der Waals surface area contributed by atoms with Gasteiger partial charge in [-0.3, -0.25) is 62.2 Å². The zero-order valence-electron chi connectivity index (χ0n) is 79.2. The largest absolute Gasteiger partial charge is 0.493 e. The third-order valence-electron chi connectivity index (χ3n) is 23.3. The van der Waals surface area contributed by atoms with Gasteiger partial charge in [0.1, 0.15) is 19.0 Å². The number of ether oxygens (including phenoxy) is 5. The van der Waals surface area contributed by atoms with E-state index in [2.05, 4.69) is 105 Å². The monoisotopic (exact) mass is 1890 g/mol. The van der Waals surface area contributed by atoms with Gasteiger partial charge in [-0.1, -0.05) is 210 Å². The second-order valence-electron chi connectivity index (χ2n) is 32.6. The van der Waals surface area contributed by atoms with E-state index in [1.54, 1.807) is 85.5 Å². The summed E-state index contributed by atoms with van der Waals surface area (Å²) in [6, 6.07) is 36.3. The van der Waals surface area contributed by atoms with E-state index in [1.807, 2.05) is 61.5 Å². The fraction of sp³-hybridized carbons (Fsp3) is 0.375. The molecule has 4 heterocycles. The van der Waals surface area contributed by atoms with Gasteiger partial charge in [-0.05, 0) is 196 Å². The van der Waals surface area contributed by atoms with Crippen LogP contribution < -0.4 is 10.1 Å². The van der Waals surface area contributed by atoms with Gasteiger partial charge in [-0.15, -0.1) is 11.8 Å². The molecule has 13 rings (SSSR count). The van der Waals surface area contributed by atoms with Gasteiger partial charge in [0.25, 0.3) is 47.3 Å². The second-order valence-corrected chi connectivity index (χ2v) is 35.3. The Bertz CT molecular complexity index is 6050. The number of benzene rings is 8. The van der Waals surface area contributed by atoms with Crippen LogP contribution in [-0.2, 0) is 48.9 Å². The molecule has 1 saturated carbocycles. The number of carbonyl (C=O) groups is 12. The molecule has 0 saturated heterocycles. The summed E-state index contributed by atoms with van der Waals surface area (Å²) >= 11 is 1.53. The van der Waals surface area contributed by atoms with Crippen molar-refractivity contribution in [3.05, 3.63) is 216 Å². The Kier molecular flexibility index (Phi) is 44.5. The fourth-order valence-corrected chi connectivity index (χ4v) is 18.5. The third-order valence-corrected chi connectivity index (χ3v) is 25.7. The summed E-state index contributed by atoms with van der Waals surface area (Å²) < 4.78 is 38.5. The number of amides is 8. The van der Waals surface area contributed by atoms with Gasteiger partial charge in [0.15, 0.2) is 0 Å². The maximum absolute atomic E-state index is 13.8. The molecule has 714 valence electrons. The zero-order valence-corrected chi connectivity index (χ0v) is 80.8. The van der Waals surface area contributed by atoms with E-state index < -0.39 is 28.7 Å². The number of hydrogen-bond donors (Lipinski definition) is 1. The molecule has 8 aromatic rings. The zero-order chi connectivity index (χ0) is 98.4. The Morgan fingerprint density at radius 1 is 0.387 bits per heavy atom. The summed E-state index contributed by atoms with van der Waals surface area (Å²) in [5.41, 5.74) is 5.31. The van der Waals surface area contributed by atoms with Crippen LogP contribution in [0.3, 0.4) is 0 Å². The molecule has 1 unspecified atom stereocenters. The SMILES string of the molecule is C=CC(=O)OCCCCCNc1ccc2c3c(cccc13)C(=O)N(C1CCCCCCCCCCC1)C2=O.C=CC(=O)OCCCOc1ccc2c3c(cccc13)C(=O)N(CCCC)C2=O.C=CC(=O)OCCS(=O)c1ccc2c3c(cccc13)C(=O)N(CCCCCC)C2=O.C=CC(=O)OCCSc1ccc2c3c(cccc13)C(=O)N(CCCCCC)C2=O.CC#CC#CC#CC#CC#CC. The van der Waals surface area contributed by atoms with Crippen molar-refractivity contribution < 1.29 is 85.4 Å². The van der Waals surface area contributed by atoms with Crippen molar-refractivity contribution in [2.75, 3.05) is 76.0 Å². The molecule has 1 atom stereocenters. The Morgan fingerprint density at radius 3 is 1.26 bits per heavy atom. The molecule has 0 radical (unpaired) electrons. The Morgan fingerprint density at radius 2 is 0.766 bits per heavy atom. The quantitative estimate of drug-likeness (QED) is 0.00715. The molecule has 1 aliphatic carbocycles. The summed E-state index contributed by atoms with van der Waals surface area (Å²) in [7, 11) is -1.46. The molecule has 1 N–H and O–H groups in total. The molecule has 4 aliphatic heterocycles. The van der Waals surface area contributed by atoms with Crippen LogP contribution in [0, 0.1) is 59.2 Å². The number of nitrogens with zero attached hydrogens (tertiary/aromatic N) is 4. The van der Waals surface area contributed by atoms with Gasteiger partial charge in [0.2, 0.25) is 0 Å². The Balaban J connectivity index is 0.000000198. The van der Waals surface area contributed by atoms with Gasteiger partial charge in [0.05, 0.1) is 36.4 Å². The van der Waals surface area contributed by atoms with Crippen LogP contribution in [0.25, 0.3) is 43.1 Å². The second kappa shape index (κ2) is 57.1. The molecule has 1 fully saturated rings. The van der Waals surface area contributed by atoms with Gasteiger partial charge >= 0.3 is 23.9 Å². The van der Waals surface area contributed by atoms with Crippen molar-refractivity contribution >= 4 is 142 Å². The van der Waals surface area contributed by atoms with E-state index in [1.165, 1.54) is 77.5 Å². The van der Waals surface area contributed by atoms with Crippen LogP contribution in [0.15, 0.2) is 182 Å². The van der Waals surface area contributed by atoms with Crippen LogP contribution in [-0.4, -0.2) is 172 Å². The lowest BCUT2D eigenvalue weighted by molar-refractivity contribution is -0.138. The van der Waals surface area contributed by atoms with E-state index in [4.69, 9.17) is 23.7 Å². The van der Waals surface area contributed by atoms with Gasteiger partial charge < -0.3 is 29.0 Å². The highest BCUT2D eigenvalue weighted by atomic mass is 32.2. The number of carbonyl (C=O) groups excluding carboxylic acids is 12. The smallest absolute Gasteiger partial charge is 0.330 e. The first-order chi connectivity index (χ1) is 66.7. The number of unbranched alkanes of at least 4 members (excludes halogenated alkanes) is 9. The minimum atomic E-state index is -1.46. The summed E-state index contributed by atoms with van der Waals surface area (Å²) in [6.07, 6.45) is 30.0. The Labute approximate surface area is 810 Å². The minimum Gasteiger partial charge on any atom is -0.493 e. The summed E-state index contributed by atoms with van der Waals surface area (Å²) in [4.78, 5) is 157. The van der Waals surface area contributed by atoms with Crippen LogP contribution in [0.1, 0.15) is 278 Å². The van der Waals surface area contributed by atoms with Crippen molar-refractivity contribution in [2.24, 2.45) is 0 Å². The van der Waals surface area contributed by atoms with Gasteiger partial charge in [-0.2, -0.15) is 0 Å². The fourth-order valence-electron chi connectivity index (χ4n) is 16.5. The molecule has 25 heteroatoms. The van der Waals surface area contributed by atoms with Crippen LogP contribution >= 0.6 is 11.8 Å². The molecule has 8 amide bonds. The Hall–Kier alpha value is -13.9.